The Morgan fingerprint density at radius 2 is 1.87 bits per heavy atom. The fraction of sp³-hybridized carbons (Fsp3) is 0.207. The number of ether oxygens (including phenoxy) is 1. The van der Waals surface area contributed by atoms with Crippen LogP contribution < -0.4 is 14.9 Å². The summed E-state index contributed by atoms with van der Waals surface area (Å²) >= 11 is 7.82. The van der Waals surface area contributed by atoms with E-state index >= 15 is 0 Å². The van der Waals surface area contributed by atoms with Gasteiger partial charge < -0.3 is 9.30 Å². The highest BCUT2D eigenvalue weighted by Crippen LogP contribution is 2.34. The third-order valence-electron chi connectivity index (χ3n) is 6.56. The maximum Gasteiger partial charge on any atom is 0.338 e. The summed E-state index contributed by atoms with van der Waals surface area (Å²) in [5, 5.41) is 0.437. The third kappa shape index (κ3) is 4.44. The molecule has 1 aliphatic heterocycles. The molecular weight excluding hydrogens is 525 g/mol. The molecule has 9 heteroatoms. The monoisotopic (exact) mass is 549 g/mol. The Balaban J connectivity index is 1.70. The molecule has 2 aromatic heterocycles. The zero-order valence-corrected chi connectivity index (χ0v) is 22.9. The van der Waals surface area contributed by atoms with Crippen molar-refractivity contribution in [2.75, 3.05) is 6.61 Å². The molecule has 0 amide bonds. The molecule has 38 heavy (non-hydrogen) atoms. The minimum atomic E-state index is -0.771. The summed E-state index contributed by atoms with van der Waals surface area (Å²) in [7, 11) is 0. The second-order valence-electron chi connectivity index (χ2n) is 8.96. The van der Waals surface area contributed by atoms with E-state index in [9.17, 15) is 14.0 Å². The second kappa shape index (κ2) is 10.2. The van der Waals surface area contributed by atoms with Crippen molar-refractivity contribution >= 4 is 35.0 Å². The molecule has 3 heterocycles. The normalized spacial score (nSPS) is 15.4. The summed E-state index contributed by atoms with van der Waals surface area (Å²) in [5.41, 5.74) is 4.65. The lowest BCUT2D eigenvalue weighted by atomic mass is 9.96. The van der Waals surface area contributed by atoms with Gasteiger partial charge in [-0.1, -0.05) is 41.1 Å². The van der Waals surface area contributed by atoms with Crippen molar-refractivity contribution in [1.82, 2.24) is 9.13 Å². The molecule has 1 atom stereocenters. The van der Waals surface area contributed by atoms with Crippen LogP contribution in [0, 0.1) is 19.7 Å². The second-order valence-corrected chi connectivity index (χ2v) is 10.4. The lowest BCUT2D eigenvalue weighted by Gasteiger charge is -2.25. The van der Waals surface area contributed by atoms with Crippen LogP contribution in [0.25, 0.3) is 11.8 Å². The first-order valence-electron chi connectivity index (χ1n) is 12.1. The average molecular weight is 550 g/mol. The SMILES string of the molecule is CCOC(=O)C1=C(C)N=c2s/c(=C\c3cc(C)n(-c4ccc(F)cc4)c3C)c(=O)n2C1c1ccccc1Cl. The van der Waals surface area contributed by atoms with Crippen molar-refractivity contribution in [3.63, 3.8) is 0 Å². The number of halogens is 2. The minimum absolute atomic E-state index is 0.193. The molecule has 1 unspecified atom stereocenters. The zero-order valence-electron chi connectivity index (χ0n) is 21.3. The van der Waals surface area contributed by atoms with Gasteiger partial charge in [-0.15, -0.1) is 0 Å². The molecule has 4 aromatic rings. The van der Waals surface area contributed by atoms with E-state index in [0.29, 0.717) is 25.6 Å². The predicted octanol–water partition coefficient (Wildman–Crippen LogP) is 5.00. The highest BCUT2D eigenvalue weighted by Gasteiger charge is 2.34. The molecule has 2 aromatic carbocycles. The van der Waals surface area contributed by atoms with Gasteiger partial charge in [0.1, 0.15) is 11.9 Å². The molecule has 0 fully saturated rings. The third-order valence-corrected chi connectivity index (χ3v) is 7.89. The molecule has 6 nitrogen and oxygen atoms in total. The number of hydrogen-bond donors (Lipinski definition) is 0. The van der Waals surface area contributed by atoms with Crippen molar-refractivity contribution in [3.8, 4) is 5.69 Å². The van der Waals surface area contributed by atoms with Gasteiger partial charge in [-0.2, -0.15) is 0 Å². The standard InChI is InChI=1S/C29H25ClFN3O3S/c1-5-37-28(36)25-17(3)32-29-34(26(25)22-8-6-7-9-23(22)30)27(35)24(38-29)15-19-14-16(2)33(18(19)4)21-12-10-20(31)11-13-21/h6-15,26H,5H2,1-4H3/b24-15-. The molecule has 0 saturated heterocycles. The number of aromatic nitrogens is 2. The van der Waals surface area contributed by atoms with Crippen molar-refractivity contribution in [3.05, 3.63) is 119 Å². The number of carbonyl (C=O) groups is 1. The first-order valence-corrected chi connectivity index (χ1v) is 13.3. The van der Waals surface area contributed by atoms with E-state index in [-0.39, 0.29) is 23.6 Å². The van der Waals surface area contributed by atoms with Gasteiger partial charge in [0.05, 0.1) is 22.4 Å². The lowest BCUT2D eigenvalue weighted by Crippen LogP contribution is -2.40. The molecule has 0 aliphatic carbocycles. The van der Waals surface area contributed by atoms with Crippen LogP contribution in [-0.2, 0) is 9.53 Å². The van der Waals surface area contributed by atoms with Crippen LogP contribution >= 0.6 is 22.9 Å². The number of thiazole rings is 1. The van der Waals surface area contributed by atoms with Crippen LogP contribution in [0.4, 0.5) is 4.39 Å². The molecular formula is C29H25ClFN3O3S. The molecule has 5 rings (SSSR count). The smallest absolute Gasteiger partial charge is 0.338 e. The van der Waals surface area contributed by atoms with E-state index in [4.69, 9.17) is 16.3 Å². The molecule has 1 aliphatic rings. The summed E-state index contributed by atoms with van der Waals surface area (Å²) in [5.74, 6) is -0.834. The Hall–Kier alpha value is -3.75. The predicted molar refractivity (Wildman–Crippen MR) is 147 cm³/mol. The van der Waals surface area contributed by atoms with Gasteiger partial charge in [-0.05, 0) is 81.3 Å². The highest BCUT2D eigenvalue weighted by atomic mass is 35.5. The van der Waals surface area contributed by atoms with Gasteiger partial charge in [-0.25, -0.2) is 14.2 Å². The van der Waals surface area contributed by atoms with Gasteiger partial charge >= 0.3 is 5.97 Å². The molecule has 0 spiro atoms. The number of fused-ring (bicyclic) bond motifs is 1. The van der Waals surface area contributed by atoms with Crippen LogP contribution in [-0.4, -0.2) is 21.7 Å². The average Bonchev–Trinajstić information content (AvgIpc) is 3.33. The van der Waals surface area contributed by atoms with E-state index < -0.39 is 12.0 Å². The summed E-state index contributed by atoms with van der Waals surface area (Å²) < 4.78 is 22.8. The quantitative estimate of drug-likeness (QED) is 0.329. The van der Waals surface area contributed by atoms with E-state index in [1.807, 2.05) is 36.6 Å². The maximum absolute atomic E-state index is 13.9. The van der Waals surface area contributed by atoms with Crippen LogP contribution in [0.15, 0.2) is 75.7 Å². The van der Waals surface area contributed by atoms with Crippen LogP contribution in [0.3, 0.4) is 0 Å². The van der Waals surface area contributed by atoms with E-state index in [2.05, 4.69) is 4.99 Å². The van der Waals surface area contributed by atoms with Gasteiger partial charge in [0, 0.05) is 22.1 Å². The van der Waals surface area contributed by atoms with Crippen LogP contribution in [0.5, 0.6) is 0 Å². The van der Waals surface area contributed by atoms with Gasteiger partial charge in [0.15, 0.2) is 4.80 Å². The number of carbonyl (C=O) groups excluding carboxylic acids is 1. The van der Waals surface area contributed by atoms with Gasteiger partial charge in [0.25, 0.3) is 5.56 Å². The largest absolute Gasteiger partial charge is 0.463 e. The Kier molecular flexibility index (Phi) is 6.94. The topological polar surface area (TPSA) is 65.6 Å². The lowest BCUT2D eigenvalue weighted by molar-refractivity contribution is -0.139. The number of benzene rings is 2. The number of allylic oxidation sites excluding steroid dienone is 1. The number of aryl methyl sites for hydroxylation is 1. The summed E-state index contributed by atoms with van der Waals surface area (Å²) in [6, 6.07) is 14.6. The molecule has 0 bridgehead atoms. The number of hydrogen-bond acceptors (Lipinski definition) is 5. The van der Waals surface area contributed by atoms with E-state index in [1.54, 1.807) is 44.2 Å². The Labute approximate surface area is 227 Å². The van der Waals surface area contributed by atoms with Crippen LogP contribution in [0.1, 0.15) is 42.4 Å². The number of rotatable bonds is 5. The fourth-order valence-corrected chi connectivity index (χ4v) is 6.12. The van der Waals surface area contributed by atoms with Crippen molar-refractivity contribution in [1.29, 1.82) is 0 Å². The van der Waals surface area contributed by atoms with Crippen molar-refractivity contribution in [2.24, 2.45) is 4.99 Å². The zero-order chi connectivity index (χ0) is 27.1. The maximum atomic E-state index is 13.9. The highest BCUT2D eigenvalue weighted by molar-refractivity contribution is 7.07. The summed E-state index contributed by atoms with van der Waals surface area (Å²) in [4.78, 5) is 32.0. The summed E-state index contributed by atoms with van der Waals surface area (Å²) in [6.07, 6.45) is 1.83. The van der Waals surface area contributed by atoms with Crippen LogP contribution in [0.2, 0.25) is 5.02 Å². The molecule has 194 valence electrons. The van der Waals surface area contributed by atoms with Crippen molar-refractivity contribution < 1.29 is 13.9 Å². The van der Waals surface area contributed by atoms with Gasteiger partial charge in [-0.3, -0.25) is 9.36 Å². The number of esters is 1. The van der Waals surface area contributed by atoms with Gasteiger partial charge in [0.2, 0.25) is 0 Å². The Bertz CT molecular complexity index is 1780. The fourth-order valence-electron chi connectivity index (χ4n) is 4.85. The Morgan fingerprint density at radius 3 is 2.55 bits per heavy atom. The molecule has 0 N–H and O–H groups in total. The van der Waals surface area contributed by atoms with E-state index in [1.165, 1.54) is 28.0 Å². The Morgan fingerprint density at radius 1 is 1.16 bits per heavy atom. The minimum Gasteiger partial charge on any atom is -0.463 e. The molecule has 0 radical (unpaired) electrons. The first kappa shape index (κ1) is 25.9. The van der Waals surface area contributed by atoms with E-state index in [0.717, 1.165) is 22.6 Å². The first-order chi connectivity index (χ1) is 18.2. The number of nitrogens with zero attached hydrogens (tertiary/aromatic N) is 3. The summed E-state index contributed by atoms with van der Waals surface area (Å²) in [6.45, 7) is 7.58. The molecule has 0 saturated carbocycles. The van der Waals surface area contributed by atoms with Crippen molar-refractivity contribution in [2.45, 2.75) is 33.7 Å².